The van der Waals surface area contributed by atoms with Crippen molar-refractivity contribution in [1.82, 2.24) is 14.9 Å². The Morgan fingerprint density at radius 2 is 1.90 bits per heavy atom. The number of fused-ring (bicyclic) bond motifs is 1. The van der Waals surface area contributed by atoms with Gasteiger partial charge < -0.3 is 5.32 Å². The zero-order valence-corrected chi connectivity index (χ0v) is 17.4. The smallest absolute Gasteiger partial charge is 0.266 e. The molecule has 0 saturated carbocycles. The molecule has 2 aromatic carbocycles. The lowest BCUT2D eigenvalue weighted by molar-refractivity contribution is -0.120. The van der Waals surface area contributed by atoms with Gasteiger partial charge in [0.2, 0.25) is 5.91 Å². The van der Waals surface area contributed by atoms with Gasteiger partial charge in [-0.2, -0.15) is 5.26 Å². The molecule has 0 radical (unpaired) electrons. The Bertz CT molecular complexity index is 1140. The lowest BCUT2D eigenvalue weighted by Crippen LogP contribution is -2.43. The average Bonchev–Trinajstić information content (AvgIpc) is 2.72. The monoisotopic (exact) mass is 406 g/mol. The molecular weight excluding hydrogens is 384 g/mol. The third kappa shape index (κ3) is 4.66. The first-order chi connectivity index (χ1) is 13.8. The highest BCUT2D eigenvalue weighted by Gasteiger charge is 2.19. The van der Waals surface area contributed by atoms with Crippen molar-refractivity contribution >= 4 is 28.6 Å². The Morgan fingerprint density at radius 3 is 2.55 bits per heavy atom. The Kier molecular flexibility index (Phi) is 6.04. The molecule has 0 unspecified atom stereocenters. The van der Waals surface area contributed by atoms with E-state index in [-0.39, 0.29) is 22.8 Å². The van der Waals surface area contributed by atoms with E-state index in [1.807, 2.05) is 26.8 Å². The number of aromatic nitrogens is 2. The molecule has 7 heteroatoms. The van der Waals surface area contributed by atoms with Crippen molar-refractivity contribution in [2.24, 2.45) is 0 Å². The van der Waals surface area contributed by atoms with Crippen LogP contribution in [0.25, 0.3) is 16.6 Å². The Hall–Kier alpha value is -3.11. The fourth-order valence-corrected chi connectivity index (χ4v) is 3.57. The third-order valence-corrected chi connectivity index (χ3v) is 5.63. The van der Waals surface area contributed by atoms with E-state index in [2.05, 4.69) is 16.4 Å². The van der Waals surface area contributed by atoms with E-state index >= 15 is 0 Å². The Balaban J connectivity index is 2.02. The van der Waals surface area contributed by atoms with Crippen molar-refractivity contribution in [3.63, 3.8) is 0 Å². The van der Waals surface area contributed by atoms with Gasteiger partial charge in [-0.05, 0) is 56.7 Å². The molecule has 0 spiro atoms. The first-order valence-electron chi connectivity index (χ1n) is 9.31. The van der Waals surface area contributed by atoms with Crippen LogP contribution in [0.3, 0.4) is 0 Å². The highest BCUT2D eigenvalue weighted by molar-refractivity contribution is 7.99. The van der Waals surface area contributed by atoms with E-state index in [9.17, 15) is 9.59 Å². The molecule has 0 saturated heterocycles. The summed E-state index contributed by atoms with van der Waals surface area (Å²) in [5.74, 6) is 0.0282. The molecule has 1 heterocycles. The second-order valence-corrected chi connectivity index (χ2v) is 8.23. The normalized spacial score (nSPS) is 11.2. The minimum Gasteiger partial charge on any atom is -0.351 e. The van der Waals surface area contributed by atoms with Crippen molar-refractivity contribution in [2.45, 2.75) is 37.9 Å². The summed E-state index contributed by atoms with van der Waals surface area (Å²) < 4.78 is 1.49. The molecule has 0 bridgehead atoms. The van der Waals surface area contributed by atoms with E-state index in [4.69, 9.17) is 5.26 Å². The van der Waals surface area contributed by atoms with Crippen LogP contribution in [0.2, 0.25) is 0 Å². The number of amides is 1. The third-order valence-electron chi connectivity index (χ3n) is 4.69. The van der Waals surface area contributed by atoms with Crippen LogP contribution in [0, 0.1) is 11.3 Å². The molecule has 0 aliphatic heterocycles. The van der Waals surface area contributed by atoms with Crippen molar-refractivity contribution in [2.75, 3.05) is 5.75 Å². The molecule has 0 aliphatic carbocycles. The quantitative estimate of drug-likeness (QED) is 0.499. The van der Waals surface area contributed by atoms with Crippen LogP contribution in [0.1, 0.15) is 32.8 Å². The molecule has 1 N–H and O–H groups in total. The van der Waals surface area contributed by atoms with Crippen LogP contribution < -0.4 is 10.9 Å². The van der Waals surface area contributed by atoms with E-state index in [1.54, 1.807) is 42.5 Å². The first kappa shape index (κ1) is 20.6. The lowest BCUT2D eigenvalue weighted by Gasteiger charge is -2.24. The minimum atomic E-state index is -0.290. The largest absolute Gasteiger partial charge is 0.351 e. The summed E-state index contributed by atoms with van der Waals surface area (Å²) in [6, 6.07) is 15.9. The number of rotatable bonds is 6. The van der Waals surface area contributed by atoms with E-state index < -0.39 is 0 Å². The van der Waals surface area contributed by atoms with Crippen molar-refractivity contribution in [3.05, 3.63) is 64.4 Å². The van der Waals surface area contributed by atoms with E-state index in [1.165, 1.54) is 16.3 Å². The maximum absolute atomic E-state index is 13.2. The second-order valence-electron chi connectivity index (χ2n) is 7.29. The second kappa shape index (κ2) is 8.50. The van der Waals surface area contributed by atoms with Crippen LogP contribution in [-0.2, 0) is 4.79 Å². The van der Waals surface area contributed by atoms with Crippen LogP contribution in [0.15, 0.2) is 58.5 Å². The van der Waals surface area contributed by atoms with Gasteiger partial charge in [-0.3, -0.25) is 14.2 Å². The van der Waals surface area contributed by atoms with Gasteiger partial charge in [0.25, 0.3) is 5.56 Å². The highest BCUT2D eigenvalue weighted by Crippen LogP contribution is 2.22. The highest BCUT2D eigenvalue weighted by atomic mass is 32.2. The van der Waals surface area contributed by atoms with Crippen molar-refractivity contribution < 1.29 is 4.79 Å². The van der Waals surface area contributed by atoms with Crippen LogP contribution in [0.5, 0.6) is 0 Å². The van der Waals surface area contributed by atoms with Crippen molar-refractivity contribution in [1.29, 1.82) is 5.26 Å². The molecule has 0 aliphatic rings. The molecule has 1 aromatic heterocycles. The Morgan fingerprint density at radius 1 is 1.21 bits per heavy atom. The van der Waals surface area contributed by atoms with E-state index in [0.29, 0.717) is 27.3 Å². The molecule has 29 heavy (non-hydrogen) atoms. The zero-order chi connectivity index (χ0) is 21.0. The molecular formula is C22H22N4O2S. The number of nitrogens with one attached hydrogen (secondary N) is 1. The molecule has 6 nitrogen and oxygen atoms in total. The number of hydrogen-bond donors (Lipinski definition) is 1. The summed E-state index contributed by atoms with van der Waals surface area (Å²) in [7, 11) is 0. The number of thioether (sulfide) groups is 1. The van der Waals surface area contributed by atoms with Gasteiger partial charge in [0.15, 0.2) is 5.16 Å². The molecule has 0 atom stereocenters. The summed E-state index contributed by atoms with van der Waals surface area (Å²) >= 11 is 1.21. The number of nitrogens with zero attached hydrogens (tertiary/aromatic N) is 3. The van der Waals surface area contributed by atoms with Crippen LogP contribution in [-0.4, -0.2) is 26.8 Å². The maximum atomic E-state index is 13.2. The maximum Gasteiger partial charge on any atom is 0.266 e. The van der Waals surface area contributed by atoms with Crippen LogP contribution >= 0.6 is 11.8 Å². The fraction of sp³-hybridized carbons (Fsp3) is 0.273. The van der Waals surface area contributed by atoms with Crippen molar-refractivity contribution in [3.8, 4) is 11.8 Å². The SMILES string of the molecule is CCC(C)(C)NC(=O)CSc1nc2ccccc2c(=O)n1-c1ccc(C#N)cc1. The predicted octanol–water partition coefficient (Wildman–Crippen LogP) is 3.65. The van der Waals surface area contributed by atoms with Gasteiger partial charge in [0.1, 0.15) is 0 Å². The zero-order valence-electron chi connectivity index (χ0n) is 16.6. The van der Waals surface area contributed by atoms with Gasteiger partial charge in [0.05, 0.1) is 34.0 Å². The van der Waals surface area contributed by atoms with Gasteiger partial charge in [-0.25, -0.2) is 4.98 Å². The number of benzene rings is 2. The van der Waals surface area contributed by atoms with Crippen LogP contribution in [0.4, 0.5) is 0 Å². The minimum absolute atomic E-state index is 0.115. The molecule has 3 aromatic rings. The molecule has 148 valence electrons. The number of hydrogen-bond acceptors (Lipinski definition) is 5. The summed E-state index contributed by atoms with van der Waals surface area (Å²) in [5.41, 5.74) is 1.19. The number of nitriles is 1. The standard InChI is InChI=1S/C22H22N4O2S/c1-4-22(2,3)25-19(27)14-29-21-24-18-8-6-5-7-17(18)20(28)26(21)16-11-9-15(13-23)10-12-16/h5-12H,4,14H2,1-3H3,(H,25,27). The summed E-state index contributed by atoms with van der Waals surface area (Å²) in [6.45, 7) is 5.95. The average molecular weight is 407 g/mol. The number of carbonyl (C=O) groups excluding carboxylic acids is 1. The summed E-state index contributed by atoms with van der Waals surface area (Å²) in [5, 5.41) is 13.0. The fourth-order valence-electron chi connectivity index (χ4n) is 2.75. The summed E-state index contributed by atoms with van der Waals surface area (Å²) in [6.07, 6.45) is 0.813. The Labute approximate surface area is 173 Å². The predicted molar refractivity (Wildman–Crippen MR) is 115 cm³/mol. The number of carbonyl (C=O) groups is 1. The van der Waals surface area contributed by atoms with E-state index in [0.717, 1.165) is 6.42 Å². The summed E-state index contributed by atoms with van der Waals surface area (Å²) in [4.78, 5) is 30.2. The first-order valence-corrected chi connectivity index (χ1v) is 10.3. The van der Waals surface area contributed by atoms with Gasteiger partial charge in [0, 0.05) is 5.54 Å². The molecule has 0 fully saturated rings. The number of para-hydroxylation sites is 1. The molecule has 3 rings (SSSR count). The van der Waals surface area contributed by atoms with Gasteiger partial charge in [-0.15, -0.1) is 0 Å². The lowest BCUT2D eigenvalue weighted by atomic mass is 10.0. The molecule has 1 amide bonds. The van der Waals surface area contributed by atoms with Gasteiger partial charge >= 0.3 is 0 Å². The van der Waals surface area contributed by atoms with Gasteiger partial charge in [-0.1, -0.05) is 30.8 Å². The topological polar surface area (TPSA) is 87.8 Å².